The summed E-state index contributed by atoms with van der Waals surface area (Å²) in [5.41, 5.74) is 2.56. The Labute approximate surface area is 245 Å². The van der Waals surface area contributed by atoms with E-state index in [2.05, 4.69) is 33.9 Å². The van der Waals surface area contributed by atoms with Crippen molar-refractivity contribution < 1.29 is 14.6 Å². The van der Waals surface area contributed by atoms with Crippen LogP contribution in [-0.4, -0.2) is 66.2 Å². The fourth-order valence-electron chi connectivity index (χ4n) is 6.04. The van der Waals surface area contributed by atoms with Crippen LogP contribution in [0.3, 0.4) is 0 Å². The summed E-state index contributed by atoms with van der Waals surface area (Å²) in [6.07, 6.45) is 4.33. The van der Waals surface area contributed by atoms with Gasteiger partial charge in [0.1, 0.15) is 5.75 Å². The number of carbonyl (C=O) groups excluding carboxylic acids is 1. The van der Waals surface area contributed by atoms with Crippen molar-refractivity contribution in [2.75, 3.05) is 39.8 Å². The molecule has 2 aliphatic heterocycles. The van der Waals surface area contributed by atoms with Crippen LogP contribution in [0.15, 0.2) is 59.3 Å². The number of hydrogen-bond acceptors (Lipinski definition) is 5. The molecule has 1 aromatic heterocycles. The highest BCUT2D eigenvalue weighted by atomic mass is 35.5. The third-order valence-electron chi connectivity index (χ3n) is 8.41. The summed E-state index contributed by atoms with van der Waals surface area (Å²) in [6.45, 7) is 4.10. The predicted octanol–water partition coefficient (Wildman–Crippen LogP) is 6.77. The van der Waals surface area contributed by atoms with E-state index in [1.807, 2.05) is 17.0 Å². The minimum absolute atomic E-state index is 0.00109. The summed E-state index contributed by atoms with van der Waals surface area (Å²) in [7, 11) is 1.68. The van der Waals surface area contributed by atoms with E-state index in [0.29, 0.717) is 40.5 Å². The molecule has 5 rings (SSSR count). The quantitative estimate of drug-likeness (QED) is 0.300. The summed E-state index contributed by atoms with van der Waals surface area (Å²) in [4.78, 5) is 17.8. The van der Waals surface area contributed by atoms with Crippen LogP contribution in [0.5, 0.6) is 5.75 Å². The molecule has 8 heteroatoms. The summed E-state index contributed by atoms with van der Waals surface area (Å²) in [5, 5.41) is 16.5. The number of likely N-dealkylation sites (tertiary alicyclic amines) is 2. The highest BCUT2D eigenvalue weighted by Gasteiger charge is 2.39. The Bertz CT molecular complexity index is 1240. The van der Waals surface area contributed by atoms with Gasteiger partial charge in [-0.2, -0.15) is 11.3 Å². The van der Waals surface area contributed by atoms with Crippen molar-refractivity contribution in [2.24, 2.45) is 5.92 Å². The van der Waals surface area contributed by atoms with Crippen molar-refractivity contribution >= 4 is 40.4 Å². The topological polar surface area (TPSA) is 53.0 Å². The van der Waals surface area contributed by atoms with E-state index < -0.39 is 5.60 Å². The molecule has 1 amide bonds. The minimum Gasteiger partial charge on any atom is -0.497 e. The Morgan fingerprint density at radius 2 is 1.85 bits per heavy atom. The number of aliphatic hydroxyl groups is 1. The van der Waals surface area contributed by atoms with E-state index in [1.54, 1.807) is 36.6 Å². The van der Waals surface area contributed by atoms with Gasteiger partial charge in [0.05, 0.1) is 22.8 Å². The Morgan fingerprint density at radius 1 is 1.08 bits per heavy atom. The van der Waals surface area contributed by atoms with Gasteiger partial charge in [-0.25, -0.2) is 0 Å². The van der Waals surface area contributed by atoms with E-state index in [-0.39, 0.29) is 5.91 Å². The van der Waals surface area contributed by atoms with Crippen molar-refractivity contribution in [3.05, 3.63) is 86.0 Å². The number of halogens is 2. The fraction of sp³-hybridized carbons (Fsp3) is 0.452. The molecule has 2 saturated heterocycles. The summed E-state index contributed by atoms with van der Waals surface area (Å²) >= 11 is 14.0. The third kappa shape index (κ3) is 6.98. The van der Waals surface area contributed by atoms with Gasteiger partial charge >= 0.3 is 0 Å². The molecule has 39 heavy (non-hydrogen) atoms. The average Bonchev–Trinajstić information content (AvgIpc) is 3.62. The number of carbonyl (C=O) groups is 1. The second-order valence-corrected chi connectivity index (χ2v) is 12.6. The van der Waals surface area contributed by atoms with Gasteiger partial charge in [-0.3, -0.25) is 4.79 Å². The van der Waals surface area contributed by atoms with Gasteiger partial charge < -0.3 is 19.6 Å². The molecule has 0 bridgehead atoms. The number of aryl methyl sites for hydroxylation is 1. The van der Waals surface area contributed by atoms with Gasteiger partial charge in [0.2, 0.25) is 0 Å². The van der Waals surface area contributed by atoms with E-state index in [0.717, 1.165) is 57.5 Å². The van der Waals surface area contributed by atoms with Crippen LogP contribution in [0.1, 0.15) is 53.1 Å². The molecule has 2 atom stereocenters. The second kappa shape index (κ2) is 12.6. The zero-order chi connectivity index (χ0) is 27.4. The van der Waals surface area contributed by atoms with Crippen LogP contribution in [0.2, 0.25) is 10.0 Å². The number of ether oxygens (including phenoxy) is 1. The summed E-state index contributed by atoms with van der Waals surface area (Å²) < 4.78 is 5.24. The third-order valence-corrected chi connectivity index (χ3v) is 9.85. The van der Waals surface area contributed by atoms with E-state index in [1.165, 1.54) is 11.1 Å². The van der Waals surface area contributed by atoms with E-state index in [4.69, 9.17) is 27.9 Å². The zero-order valence-corrected chi connectivity index (χ0v) is 24.6. The number of amides is 1. The number of methoxy groups -OCH3 is 1. The van der Waals surface area contributed by atoms with Gasteiger partial charge in [0, 0.05) is 44.2 Å². The average molecular weight is 588 g/mol. The maximum absolute atomic E-state index is 13.4. The van der Waals surface area contributed by atoms with Crippen LogP contribution in [0.4, 0.5) is 0 Å². The number of hydrogen-bond donors (Lipinski definition) is 1. The van der Waals surface area contributed by atoms with Crippen molar-refractivity contribution in [2.45, 2.75) is 43.6 Å². The number of piperidine rings is 1. The lowest BCUT2D eigenvalue weighted by atomic mass is 9.84. The maximum atomic E-state index is 13.4. The minimum atomic E-state index is -0.596. The maximum Gasteiger partial charge on any atom is 0.253 e. The molecule has 0 spiro atoms. The van der Waals surface area contributed by atoms with Gasteiger partial charge in [-0.15, -0.1) is 0 Å². The van der Waals surface area contributed by atoms with Crippen LogP contribution in [-0.2, 0) is 6.42 Å². The molecule has 2 aliphatic rings. The molecule has 208 valence electrons. The molecule has 2 aromatic carbocycles. The first-order valence-corrected chi connectivity index (χ1v) is 15.4. The van der Waals surface area contributed by atoms with Gasteiger partial charge in [-0.05, 0) is 96.3 Å². The van der Waals surface area contributed by atoms with Crippen LogP contribution < -0.4 is 4.74 Å². The predicted molar refractivity (Wildman–Crippen MR) is 159 cm³/mol. The Kier molecular flexibility index (Phi) is 9.20. The number of benzene rings is 2. The van der Waals surface area contributed by atoms with E-state index in [9.17, 15) is 9.90 Å². The smallest absolute Gasteiger partial charge is 0.253 e. The molecule has 1 unspecified atom stereocenters. The lowest BCUT2D eigenvalue weighted by Crippen LogP contribution is -2.46. The van der Waals surface area contributed by atoms with Crippen molar-refractivity contribution in [3.8, 4) is 5.75 Å². The first-order chi connectivity index (χ1) is 18.8. The molecule has 0 radical (unpaired) electrons. The SMILES string of the molecule is COc1ccc(CCCC2(O)CCN(C[C@@H]3CN(C(=O)c4ccc(Cl)c(Cl)c4)CC3c3ccsc3)CC2)cc1. The van der Waals surface area contributed by atoms with Crippen molar-refractivity contribution in [3.63, 3.8) is 0 Å². The first-order valence-electron chi connectivity index (χ1n) is 13.7. The zero-order valence-electron chi connectivity index (χ0n) is 22.3. The Morgan fingerprint density at radius 3 is 2.51 bits per heavy atom. The first kappa shape index (κ1) is 28.4. The summed E-state index contributed by atoms with van der Waals surface area (Å²) in [6, 6.07) is 15.5. The molecule has 2 fully saturated rings. The van der Waals surface area contributed by atoms with Crippen LogP contribution in [0, 0.1) is 5.92 Å². The molecule has 5 nitrogen and oxygen atoms in total. The summed E-state index contributed by atoms with van der Waals surface area (Å²) in [5.74, 6) is 1.51. The van der Waals surface area contributed by atoms with Crippen molar-refractivity contribution in [1.29, 1.82) is 0 Å². The monoisotopic (exact) mass is 586 g/mol. The molecule has 0 saturated carbocycles. The number of thiophene rings is 1. The molecular weight excluding hydrogens is 551 g/mol. The standard InChI is InChI=1S/C31H36Cl2N2O3S/c1-38-26-7-4-22(5-8-26)3-2-11-31(37)12-14-34(15-13-31)18-25-19-35(20-27(25)24-10-16-39-21-24)30(36)23-6-9-28(32)29(33)17-23/h4-10,16-17,21,25,27,37H,2-3,11-15,18-20H2,1H3/t25-,27?/m1/s1. The highest BCUT2D eigenvalue weighted by molar-refractivity contribution is 7.08. The second-order valence-electron chi connectivity index (χ2n) is 11.0. The largest absolute Gasteiger partial charge is 0.497 e. The number of rotatable bonds is 9. The Hall–Kier alpha value is -2.09. The highest BCUT2D eigenvalue weighted by Crippen LogP contribution is 2.37. The Balaban J connectivity index is 1.16. The van der Waals surface area contributed by atoms with Crippen LogP contribution >= 0.6 is 34.5 Å². The lowest BCUT2D eigenvalue weighted by molar-refractivity contribution is -0.0315. The van der Waals surface area contributed by atoms with E-state index >= 15 is 0 Å². The fourth-order valence-corrected chi connectivity index (χ4v) is 7.07. The van der Waals surface area contributed by atoms with Gasteiger partial charge in [-0.1, -0.05) is 35.3 Å². The molecular formula is C31H36Cl2N2O3S. The normalized spacial score (nSPS) is 21.3. The molecule has 3 heterocycles. The molecule has 0 aliphatic carbocycles. The van der Waals surface area contributed by atoms with Gasteiger partial charge in [0.25, 0.3) is 5.91 Å². The van der Waals surface area contributed by atoms with Gasteiger partial charge in [0.15, 0.2) is 0 Å². The lowest BCUT2D eigenvalue weighted by Gasteiger charge is -2.39. The van der Waals surface area contributed by atoms with Crippen LogP contribution in [0.25, 0.3) is 0 Å². The molecule has 1 N–H and O–H groups in total. The van der Waals surface area contributed by atoms with Crippen molar-refractivity contribution in [1.82, 2.24) is 9.80 Å². The molecule has 3 aromatic rings. The number of nitrogens with zero attached hydrogens (tertiary/aromatic N) is 2.